The van der Waals surface area contributed by atoms with E-state index in [2.05, 4.69) is 39.3 Å². The molecule has 0 aliphatic carbocycles. The highest BCUT2D eigenvalue weighted by Crippen LogP contribution is 2.28. The molecular formula is C20H22Cl2N6O. The van der Waals surface area contributed by atoms with Gasteiger partial charge in [0.05, 0.1) is 13.2 Å². The molecule has 29 heavy (non-hydrogen) atoms. The Morgan fingerprint density at radius 1 is 1.10 bits per heavy atom. The van der Waals surface area contributed by atoms with E-state index in [0.29, 0.717) is 23.3 Å². The van der Waals surface area contributed by atoms with Crippen molar-refractivity contribution in [1.82, 2.24) is 4.90 Å². The SMILES string of the molecule is Cc1cccc(N2C(N3CCOCC3)=NC(N)=NC2Nc2cc(Cl)cc(Cl)c2)c1. The lowest BCUT2D eigenvalue weighted by molar-refractivity contribution is 0.0671. The van der Waals surface area contributed by atoms with Crippen molar-refractivity contribution in [3.05, 3.63) is 58.1 Å². The quantitative estimate of drug-likeness (QED) is 0.775. The van der Waals surface area contributed by atoms with E-state index in [1.165, 1.54) is 0 Å². The van der Waals surface area contributed by atoms with Gasteiger partial charge in [-0.15, -0.1) is 0 Å². The van der Waals surface area contributed by atoms with Gasteiger partial charge in [-0.1, -0.05) is 35.3 Å². The Labute approximate surface area is 179 Å². The molecule has 4 rings (SSSR count). The molecule has 2 aromatic rings. The average Bonchev–Trinajstić information content (AvgIpc) is 2.67. The molecule has 2 aliphatic heterocycles. The Bertz CT molecular complexity index is 937. The highest BCUT2D eigenvalue weighted by atomic mass is 35.5. The Balaban J connectivity index is 1.74. The molecule has 1 unspecified atom stereocenters. The molecule has 152 valence electrons. The number of aliphatic imine (C=N–C) groups is 2. The van der Waals surface area contributed by atoms with Gasteiger partial charge in [0.25, 0.3) is 0 Å². The number of benzene rings is 2. The molecule has 1 atom stereocenters. The number of nitrogens with one attached hydrogen (secondary N) is 1. The van der Waals surface area contributed by atoms with Gasteiger partial charge in [0, 0.05) is 34.5 Å². The second-order valence-corrected chi connectivity index (χ2v) is 7.76. The molecule has 1 fully saturated rings. The Kier molecular flexibility index (Phi) is 5.80. The van der Waals surface area contributed by atoms with E-state index >= 15 is 0 Å². The number of morpholine rings is 1. The van der Waals surface area contributed by atoms with Crippen LogP contribution in [0.25, 0.3) is 0 Å². The maximum atomic E-state index is 6.18. The van der Waals surface area contributed by atoms with Crippen LogP contribution in [-0.4, -0.2) is 49.4 Å². The molecule has 2 aliphatic rings. The molecule has 0 bridgehead atoms. The number of aryl methyl sites for hydroxylation is 1. The van der Waals surface area contributed by atoms with Crippen LogP contribution in [0.3, 0.4) is 0 Å². The maximum Gasteiger partial charge on any atom is 0.222 e. The van der Waals surface area contributed by atoms with E-state index < -0.39 is 6.29 Å². The van der Waals surface area contributed by atoms with E-state index in [1.54, 1.807) is 18.2 Å². The summed E-state index contributed by atoms with van der Waals surface area (Å²) >= 11 is 12.4. The zero-order chi connectivity index (χ0) is 20.4. The van der Waals surface area contributed by atoms with E-state index in [9.17, 15) is 0 Å². The number of nitrogens with zero attached hydrogens (tertiary/aromatic N) is 4. The molecule has 7 nitrogen and oxygen atoms in total. The molecule has 0 radical (unpaired) electrons. The third-order valence-corrected chi connectivity index (χ3v) is 5.10. The normalized spacial score (nSPS) is 19.6. The zero-order valence-corrected chi connectivity index (χ0v) is 17.5. The highest BCUT2D eigenvalue weighted by molar-refractivity contribution is 6.35. The van der Waals surface area contributed by atoms with Crippen molar-refractivity contribution in [2.24, 2.45) is 15.7 Å². The Morgan fingerprint density at radius 2 is 1.83 bits per heavy atom. The van der Waals surface area contributed by atoms with Gasteiger partial charge in [0.2, 0.25) is 18.2 Å². The summed E-state index contributed by atoms with van der Waals surface area (Å²) in [6.07, 6.45) is -0.512. The molecule has 0 spiro atoms. The molecule has 1 saturated heterocycles. The first-order valence-corrected chi connectivity index (χ1v) is 10.1. The summed E-state index contributed by atoms with van der Waals surface area (Å²) in [5.41, 5.74) is 8.92. The Hall–Kier alpha value is -2.48. The summed E-state index contributed by atoms with van der Waals surface area (Å²) in [5.74, 6) is 0.943. The van der Waals surface area contributed by atoms with Crippen molar-refractivity contribution < 1.29 is 4.74 Å². The van der Waals surface area contributed by atoms with E-state index in [0.717, 1.165) is 36.0 Å². The highest BCUT2D eigenvalue weighted by Gasteiger charge is 2.32. The first-order valence-electron chi connectivity index (χ1n) is 9.33. The van der Waals surface area contributed by atoms with Crippen molar-refractivity contribution in [2.45, 2.75) is 13.2 Å². The van der Waals surface area contributed by atoms with Gasteiger partial charge in [0.15, 0.2) is 0 Å². The predicted molar refractivity (Wildman–Crippen MR) is 119 cm³/mol. The molecule has 0 saturated carbocycles. The summed E-state index contributed by atoms with van der Waals surface area (Å²) in [7, 11) is 0. The molecule has 0 aromatic heterocycles. The molecule has 0 amide bonds. The van der Waals surface area contributed by atoms with Crippen molar-refractivity contribution >= 4 is 46.5 Å². The third-order valence-electron chi connectivity index (χ3n) is 4.66. The number of halogens is 2. The second kappa shape index (κ2) is 8.49. The summed E-state index contributed by atoms with van der Waals surface area (Å²) < 4.78 is 5.50. The van der Waals surface area contributed by atoms with Crippen LogP contribution in [0.1, 0.15) is 5.56 Å². The van der Waals surface area contributed by atoms with Gasteiger partial charge >= 0.3 is 0 Å². The lowest BCUT2D eigenvalue weighted by atomic mass is 10.2. The topological polar surface area (TPSA) is 78.5 Å². The minimum absolute atomic E-state index is 0.209. The molecule has 2 heterocycles. The van der Waals surface area contributed by atoms with Crippen LogP contribution in [0, 0.1) is 6.92 Å². The molecule has 2 aromatic carbocycles. The number of guanidine groups is 2. The van der Waals surface area contributed by atoms with Gasteiger partial charge in [-0.3, -0.25) is 4.90 Å². The van der Waals surface area contributed by atoms with Crippen LogP contribution in [0.2, 0.25) is 10.0 Å². The Morgan fingerprint density at radius 3 is 2.52 bits per heavy atom. The van der Waals surface area contributed by atoms with Gasteiger partial charge in [-0.2, -0.15) is 4.99 Å². The fourth-order valence-electron chi connectivity index (χ4n) is 3.38. The first-order chi connectivity index (χ1) is 14.0. The minimum atomic E-state index is -0.512. The fourth-order valence-corrected chi connectivity index (χ4v) is 3.91. The van der Waals surface area contributed by atoms with Gasteiger partial charge in [-0.05, 0) is 42.8 Å². The summed E-state index contributed by atoms with van der Waals surface area (Å²) in [4.78, 5) is 13.3. The van der Waals surface area contributed by atoms with E-state index in [1.807, 2.05) is 17.0 Å². The second-order valence-electron chi connectivity index (χ2n) is 6.88. The van der Waals surface area contributed by atoms with Crippen LogP contribution in [0.5, 0.6) is 0 Å². The monoisotopic (exact) mass is 432 g/mol. The number of anilines is 2. The van der Waals surface area contributed by atoms with Crippen LogP contribution >= 0.6 is 23.2 Å². The third kappa shape index (κ3) is 4.58. The zero-order valence-electron chi connectivity index (χ0n) is 16.0. The summed E-state index contributed by atoms with van der Waals surface area (Å²) in [5, 5.41) is 4.46. The molecular weight excluding hydrogens is 411 g/mol. The lowest BCUT2D eigenvalue weighted by Crippen LogP contribution is -2.57. The molecule has 3 N–H and O–H groups in total. The van der Waals surface area contributed by atoms with Crippen molar-refractivity contribution in [2.75, 3.05) is 36.5 Å². The van der Waals surface area contributed by atoms with Crippen molar-refractivity contribution in [3.8, 4) is 0 Å². The minimum Gasteiger partial charge on any atom is -0.378 e. The fraction of sp³-hybridized carbons (Fsp3) is 0.300. The smallest absolute Gasteiger partial charge is 0.222 e. The van der Waals surface area contributed by atoms with Gasteiger partial charge in [-0.25, -0.2) is 4.99 Å². The largest absolute Gasteiger partial charge is 0.378 e. The van der Waals surface area contributed by atoms with Crippen LogP contribution in [0.4, 0.5) is 11.4 Å². The van der Waals surface area contributed by atoms with Crippen molar-refractivity contribution in [1.29, 1.82) is 0 Å². The van der Waals surface area contributed by atoms with E-state index in [4.69, 9.17) is 33.7 Å². The van der Waals surface area contributed by atoms with Crippen molar-refractivity contribution in [3.63, 3.8) is 0 Å². The number of rotatable bonds is 3. The standard InChI is InChI=1S/C20H22Cl2N6O/c1-13-3-2-4-17(9-13)28-19(24-16-11-14(21)10-15(22)12-16)25-18(23)26-20(28)27-5-7-29-8-6-27/h2-4,9-12,19,24H,5-8H2,1H3,(H2,23,25). The molecule has 9 heteroatoms. The number of nitrogens with two attached hydrogens (primary N) is 1. The maximum absolute atomic E-state index is 6.18. The average molecular weight is 433 g/mol. The van der Waals surface area contributed by atoms with E-state index in [-0.39, 0.29) is 5.96 Å². The number of hydrogen-bond acceptors (Lipinski definition) is 7. The van der Waals surface area contributed by atoms with Gasteiger partial charge in [0.1, 0.15) is 0 Å². The van der Waals surface area contributed by atoms with Crippen LogP contribution in [-0.2, 0) is 4.74 Å². The number of hydrogen-bond donors (Lipinski definition) is 2. The lowest BCUT2D eigenvalue weighted by Gasteiger charge is -2.41. The number of ether oxygens (including phenoxy) is 1. The summed E-state index contributed by atoms with van der Waals surface area (Å²) in [6, 6.07) is 13.5. The summed E-state index contributed by atoms with van der Waals surface area (Å²) in [6.45, 7) is 4.78. The van der Waals surface area contributed by atoms with Crippen LogP contribution < -0.4 is 16.0 Å². The predicted octanol–water partition coefficient (Wildman–Crippen LogP) is 3.52. The van der Waals surface area contributed by atoms with Crippen LogP contribution in [0.15, 0.2) is 52.4 Å². The first kappa shape index (κ1) is 19.8. The van der Waals surface area contributed by atoms with Gasteiger partial charge < -0.3 is 20.7 Å².